The van der Waals surface area contributed by atoms with Gasteiger partial charge in [-0.1, -0.05) is 0 Å². The Bertz CT molecular complexity index is 822. The molecule has 0 saturated carbocycles. The van der Waals surface area contributed by atoms with Gasteiger partial charge in [-0.2, -0.15) is 0 Å². The molecule has 0 radical (unpaired) electrons. The number of hydrogen-bond donors (Lipinski definition) is 0. The van der Waals surface area contributed by atoms with Crippen molar-refractivity contribution < 1.29 is 0 Å². The summed E-state index contributed by atoms with van der Waals surface area (Å²) >= 11 is -0.207. The molecule has 1 aromatic heterocycles. The minimum atomic E-state index is -0.207. The molecule has 0 aliphatic rings. The van der Waals surface area contributed by atoms with Gasteiger partial charge < -0.3 is 0 Å². The summed E-state index contributed by atoms with van der Waals surface area (Å²) < 4.78 is 3.83. The molecule has 0 amide bonds. The maximum atomic E-state index is 3.42. The van der Waals surface area contributed by atoms with Crippen molar-refractivity contribution in [2.45, 2.75) is 20.8 Å². The molecule has 0 unspecified atom stereocenters. The molecule has 0 N–H and O–H groups in total. The van der Waals surface area contributed by atoms with E-state index in [1.807, 2.05) is 0 Å². The summed E-state index contributed by atoms with van der Waals surface area (Å²) in [5.74, 6) is 6.81. The Labute approximate surface area is 136 Å². The van der Waals surface area contributed by atoms with Crippen molar-refractivity contribution in [2.75, 3.05) is 0 Å². The Hall–Kier alpha value is -1.47. The zero-order valence-corrected chi connectivity index (χ0v) is 14.9. The molecule has 3 rings (SSSR count). The third-order valence-corrected chi connectivity index (χ3v) is 5.80. The summed E-state index contributed by atoms with van der Waals surface area (Å²) in [6.45, 7) is 6.47. The fourth-order valence-electron chi connectivity index (χ4n) is 2.32. The van der Waals surface area contributed by atoms with E-state index in [2.05, 4.69) is 85.2 Å². The van der Waals surface area contributed by atoms with Crippen molar-refractivity contribution in [3.05, 3.63) is 58.2 Å². The first-order valence-electron chi connectivity index (χ1n) is 7.13. The molecule has 0 spiro atoms. The SMILES string of the molecule is CC(C)(C)C#Cc1ccc2ccccc2c1-c1ccc[te]1. The van der Waals surface area contributed by atoms with Crippen LogP contribution in [0.1, 0.15) is 26.3 Å². The van der Waals surface area contributed by atoms with Crippen LogP contribution < -0.4 is 0 Å². The van der Waals surface area contributed by atoms with Crippen LogP contribution in [0.4, 0.5) is 0 Å². The summed E-state index contributed by atoms with van der Waals surface area (Å²) in [7, 11) is 0. The average Bonchev–Trinajstić information content (AvgIpc) is 2.97. The van der Waals surface area contributed by atoms with Gasteiger partial charge in [0.25, 0.3) is 0 Å². The van der Waals surface area contributed by atoms with Crippen LogP contribution in [-0.2, 0) is 0 Å². The van der Waals surface area contributed by atoms with Gasteiger partial charge in [0.15, 0.2) is 0 Å². The van der Waals surface area contributed by atoms with Crippen LogP contribution in [0.15, 0.2) is 52.6 Å². The molecule has 2 aromatic carbocycles. The molecule has 0 aliphatic heterocycles. The Kier molecular flexibility index (Phi) is 3.95. The molecule has 104 valence electrons. The van der Waals surface area contributed by atoms with Gasteiger partial charge in [-0.05, 0) is 0 Å². The van der Waals surface area contributed by atoms with Crippen molar-refractivity contribution in [1.82, 2.24) is 0 Å². The standard InChI is InChI=1S/C20H18Te/c1-20(2,3)13-12-16-11-10-15-7-4-5-8-17(15)19(16)18-9-6-14-21-18/h4-11,14H,1-3H3. The molecule has 0 nitrogen and oxygen atoms in total. The second-order valence-corrected chi connectivity index (χ2v) is 8.89. The number of fused-ring (bicyclic) bond motifs is 1. The Morgan fingerprint density at radius 2 is 1.71 bits per heavy atom. The predicted molar refractivity (Wildman–Crippen MR) is 92.7 cm³/mol. The molecule has 0 aliphatic carbocycles. The topological polar surface area (TPSA) is 0 Å². The van der Waals surface area contributed by atoms with E-state index in [9.17, 15) is 0 Å². The zero-order chi connectivity index (χ0) is 14.9. The normalized spacial score (nSPS) is 11.2. The molecule has 0 bridgehead atoms. The average molecular weight is 386 g/mol. The van der Waals surface area contributed by atoms with E-state index in [0.717, 1.165) is 0 Å². The van der Waals surface area contributed by atoms with Gasteiger partial charge >= 0.3 is 137 Å². The van der Waals surface area contributed by atoms with E-state index < -0.39 is 0 Å². The summed E-state index contributed by atoms with van der Waals surface area (Å²) in [6, 6.07) is 17.5. The maximum absolute atomic E-state index is 3.42. The molecular formula is C20H18Te. The number of rotatable bonds is 1. The van der Waals surface area contributed by atoms with E-state index in [1.54, 1.807) is 0 Å². The second kappa shape index (κ2) is 5.73. The molecule has 0 saturated heterocycles. The molecule has 1 heterocycles. The number of benzene rings is 2. The summed E-state index contributed by atoms with van der Waals surface area (Å²) in [6.07, 6.45) is 0. The van der Waals surface area contributed by atoms with Crippen molar-refractivity contribution in [2.24, 2.45) is 5.41 Å². The van der Waals surface area contributed by atoms with E-state index in [4.69, 9.17) is 0 Å². The van der Waals surface area contributed by atoms with Gasteiger partial charge in [0.2, 0.25) is 0 Å². The van der Waals surface area contributed by atoms with Crippen molar-refractivity contribution >= 4 is 31.2 Å². The zero-order valence-electron chi connectivity index (χ0n) is 12.6. The Morgan fingerprint density at radius 3 is 2.43 bits per heavy atom. The van der Waals surface area contributed by atoms with Crippen molar-refractivity contribution in [3.63, 3.8) is 0 Å². The monoisotopic (exact) mass is 388 g/mol. The van der Waals surface area contributed by atoms with Crippen LogP contribution in [0.25, 0.3) is 19.9 Å². The van der Waals surface area contributed by atoms with Gasteiger partial charge in [0, 0.05) is 0 Å². The summed E-state index contributed by atoms with van der Waals surface area (Å²) in [5, 5.41) is 2.63. The molecule has 3 aromatic rings. The summed E-state index contributed by atoms with van der Waals surface area (Å²) in [4.78, 5) is 0. The van der Waals surface area contributed by atoms with E-state index in [1.165, 1.54) is 25.5 Å². The first-order chi connectivity index (χ1) is 10.0. The number of hydrogen-bond acceptors (Lipinski definition) is 0. The van der Waals surface area contributed by atoms with Crippen LogP contribution in [0.5, 0.6) is 0 Å². The third-order valence-electron chi connectivity index (χ3n) is 3.27. The van der Waals surface area contributed by atoms with Crippen LogP contribution in [0, 0.1) is 17.3 Å². The molecule has 0 fully saturated rings. The minimum absolute atomic E-state index is 0.0297. The second-order valence-electron chi connectivity index (χ2n) is 6.19. The van der Waals surface area contributed by atoms with Crippen LogP contribution in [-0.4, -0.2) is 20.4 Å². The quantitative estimate of drug-likeness (QED) is 0.410. The fourth-order valence-corrected chi connectivity index (χ4v) is 4.60. The molecule has 1 heteroatoms. The van der Waals surface area contributed by atoms with E-state index in [-0.39, 0.29) is 25.8 Å². The predicted octanol–water partition coefficient (Wildman–Crippen LogP) is 4.96. The van der Waals surface area contributed by atoms with Gasteiger partial charge in [-0.3, -0.25) is 0 Å². The summed E-state index contributed by atoms with van der Waals surface area (Å²) in [5.41, 5.74) is 2.56. The van der Waals surface area contributed by atoms with E-state index >= 15 is 0 Å². The van der Waals surface area contributed by atoms with Gasteiger partial charge in [0.05, 0.1) is 0 Å². The van der Waals surface area contributed by atoms with Gasteiger partial charge in [0.1, 0.15) is 0 Å². The molecule has 0 atom stereocenters. The fraction of sp³-hybridized carbons (Fsp3) is 0.200. The van der Waals surface area contributed by atoms with Crippen molar-refractivity contribution in [1.29, 1.82) is 0 Å². The molecule has 21 heavy (non-hydrogen) atoms. The Balaban J connectivity index is 2.29. The first-order valence-corrected chi connectivity index (χ1v) is 9.64. The van der Waals surface area contributed by atoms with Gasteiger partial charge in [-0.25, -0.2) is 0 Å². The Morgan fingerprint density at radius 1 is 0.905 bits per heavy atom. The van der Waals surface area contributed by atoms with Crippen molar-refractivity contribution in [3.8, 4) is 21.0 Å². The third kappa shape index (κ3) is 3.24. The van der Waals surface area contributed by atoms with Crippen LogP contribution in [0.2, 0.25) is 0 Å². The molecular weight excluding hydrogens is 368 g/mol. The van der Waals surface area contributed by atoms with E-state index in [0.29, 0.717) is 0 Å². The van der Waals surface area contributed by atoms with Crippen LogP contribution in [0.3, 0.4) is 0 Å². The first kappa shape index (κ1) is 14.5. The van der Waals surface area contributed by atoms with Crippen LogP contribution >= 0.6 is 0 Å². The van der Waals surface area contributed by atoms with Gasteiger partial charge in [-0.15, -0.1) is 0 Å².